The summed E-state index contributed by atoms with van der Waals surface area (Å²) >= 11 is 0. The van der Waals surface area contributed by atoms with Crippen LogP contribution in [0.25, 0.3) is 0 Å². The largest absolute Gasteiger partial charge is 0.454 e. The number of hydrogen-bond donors (Lipinski definition) is 1. The molecule has 1 aromatic rings. The van der Waals surface area contributed by atoms with Crippen LogP contribution in [0.3, 0.4) is 0 Å². The van der Waals surface area contributed by atoms with Crippen molar-refractivity contribution in [2.45, 2.75) is 6.42 Å². The van der Waals surface area contributed by atoms with Gasteiger partial charge in [-0.05, 0) is 24.6 Å². The molecule has 1 saturated heterocycles. The molecule has 5 heteroatoms. The van der Waals surface area contributed by atoms with Crippen LogP contribution in [0, 0.1) is 5.92 Å². The lowest BCUT2D eigenvalue weighted by Crippen LogP contribution is -2.29. The zero-order chi connectivity index (χ0) is 12.5. The highest BCUT2D eigenvalue weighted by atomic mass is 16.7. The number of benzene rings is 1. The van der Waals surface area contributed by atoms with Crippen LogP contribution >= 0.6 is 0 Å². The lowest BCUT2D eigenvalue weighted by Gasteiger charge is -2.16. The van der Waals surface area contributed by atoms with E-state index in [0.29, 0.717) is 30.2 Å². The lowest BCUT2D eigenvalue weighted by atomic mass is 10.1. The number of carbonyl (C=O) groups excluding carboxylic acids is 1. The number of carbonyl (C=O) groups is 1. The standard InChI is InChI=1S/C13H15NO4/c15-7-9-3-4-14(6-9)13(16)10-1-2-11-12(5-10)18-8-17-11/h1-2,5,9,15H,3-4,6-8H2. The van der Waals surface area contributed by atoms with Crippen molar-refractivity contribution in [2.24, 2.45) is 5.92 Å². The van der Waals surface area contributed by atoms with Crippen molar-refractivity contribution in [2.75, 3.05) is 26.5 Å². The molecule has 0 aliphatic carbocycles. The van der Waals surface area contributed by atoms with Crippen molar-refractivity contribution in [1.29, 1.82) is 0 Å². The van der Waals surface area contributed by atoms with Gasteiger partial charge in [0.2, 0.25) is 6.79 Å². The molecule has 1 atom stereocenters. The number of likely N-dealkylation sites (tertiary alicyclic amines) is 1. The quantitative estimate of drug-likeness (QED) is 0.845. The Morgan fingerprint density at radius 2 is 2.22 bits per heavy atom. The van der Waals surface area contributed by atoms with Crippen molar-refractivity contribution in [3.8, 4) is 11.5 Å². The predicted molar refractivity (Wildman–Crippen MR) is 63.7 cm³/mol. The van der Waals surface area contributed by atoms with Crippen molar-refractivity contribution in [1.82, 2.24) is 4.90 Å². The van der Waals surface area contributed by atoms with Crippen molar-refractivity contribution < 1.29 is 19.4 Å². The number of fused-ring (bicyclic) bond motifs is 1. The molecule has 5 nitrogen and oxygen atoms in total. The van der Waals surface area contributed by atoms with E-state index in [0.717, 1.165) is 6.42 Å². The van der Waals surface area contributed by atoms with E-state index in [4.69, 9.17) is 14.6 Å². The Labute approximate surface area is 105 Å². The molecule has 0 aromatic heterocycles. The molecule has 1 N–H and O–H groups in total. The van der Waals surface area contributed by atoms with Gasteiger partial charge in [0, 0.05) is 31.2 Å². The summed E-state index contributed by atoms with van der Waals surface area (Å²) in [7, 11) is 0. The molecule has 2 heterocycles. The van der Waals surface area contributed by atoms with Gasteiger partial charge in [0.25, 0.3) is 5.91 Å². The monoisotopic (exact) mass is 249 g/mol. The van der Waals surface area contributed by atoms with Gasteiger partial charge in [-0.1, -0.05) is 0 Å². The van der Waals surface area contributed by atoms with E-state index in [-0.39, 0.29) is 25.2 Å². The minimum atomic E-state index is -0.00995. The van der Waals surface area contributed by atoms with E-state index in [2.05, 4.69) is 0 Å². The molecule has 0 spiro atoms. The highest BCUT2D eigenvalue weighted by Gasteiger charge is 2.27. The summed E-state index contributed by atoms with van der Waals surface area (Å²) in [6, 6.07) is 5.23. The second kappa shape index (κ2) is 4.49. The van der Waals surface area contributed by atoms with Crippen LogP contribution in [0.5, 0.6) is 11.5 Å². The van der Waals surface area contributed by atoms with E-state index >= 15 is 0 Å². The molecule has 0 saturated carbocycles. The Bertz CT molecular complexity index is 474. The third-order valence-corrected chi connectivity index (χ3v) is 3.45. The molecule has 2 aliphatic rings. The van der Waals surface area contributed by atoms with Gasteiger partial charge in [-0.2, -0.15) is 0 Å². The SMILES string of the molecule is O=C(c1ccc2c(c1)OCO2)N1CCC(CO)C1. The first kappa shape index (κ1) is 11.3. The Hall–Kier alpha value is -1.75. The van der Waals surface area contributed by atoms with Gasteiger partial charge in [0.15, 0.2) is 11.5 Å². The Morgan fingerprint density at radius 3 is 3.00 bits per heavy atom. The molecule has 96 valence electrons. The summed E-state index contributed by atoms with van der Waals surface area (Å²) < 4.78 is 10.5. The van der Waals surface area contributed by atoms with E-state index in [9.17, 15) is 4.79 Å². The molecule has 0 radical (unpaired) electrons. The molecule has 0 bridgehead atoms. The molecule has 2 aliphatic heterocycles. The highest BCUT2D eigenvalue weighted by molar-refractivity contribution is 5.95. The number of hydrogen-bond acceptors (Lipinski definition) is 4. The van der Waals surface area contributed by atoms with Gasteiger partial charge in [0.05, 0.1) is 0 Å². The van der Waals surface area contributed by atoms with E-state index in [1.54, 1.807) is 23.1 Å². The molecular formula is C13H15NO4. The molecule has 1 fully saturated rings. The van der Waals surface area contributed by atoms with Crippen molar-refractivity contribution >= 4 is 5.91 Å². The number of rotatable bonds is 2. The third-order valence-electron chi connectivity index (χ3n) is 3.45. The maximum Gasteiger partial charge on any atom is 0.254 e. The molecule has 1 unspecified atom stereocenters. The zero-order valence-corrected chi connectivity index (χ0v) is 9.96. The average Bonchev–Trinajstić information content (AvgIpc) is 3.05. The van der Waals surface area contributed by atoms with Gasteiger partial charge >= 0.3 is 0 Å². The van der Waals surface area contributed by atoms with Crippen LogP contribution in [0.4, 0.5) is 0 Å². The van der Waals surface area contributed by atoms with E-state index in [1.807, 2.05) is 0 Å². The third kappa shape index (κ3) is 1.90. The number of aliphatic hydroxyl groups excluding tert-OH is 1. The first-order valence-corrected chi connectivity index (χ1v) is 6.07. The summed E-state index contributed by atoms with van der Waals surface area (Å²) in [5.41, 5.74) is 0.609. The molecular weight excluding hydrogens is 234 g/mol. The number of aliphatic hydroxyl groups is 1. The number of ether oxygens (including phenoxy) is 2. The second-order valence-electron chi connectivity index (χ2n) is 4.66. The zero-order valence-electron chi connectivity index (χ0n) is 9.96. The summed E-state index contributed by atoms with van der Waals surface area (Å²) in [5, 5.41) is 9.09. The Balaban J connectivity index is 1.77. The van der Waals surface area contributed by atoms with Gasteiger partial charge in [0.1, 0.15) is 0 Å². The van der Waals surface area contributed by atoms with Crippen LogP contribution in [-0.4, -0.2) is 42.4 Å². The molecule has 3 rings (SSSR count). The summed E-state index contributed by atoms with van der Waals surface area (Å²) in [6.45, 7) is 1.69. The molecule has 18 heavy (non-hydrogen) atoms. The number of nitrogens with zero attached hydrogens (tertiary/aromatic N) is 1. The lowest BCUT2D eigenvalue weighted by molar-refractivity contribution is 0.0781. The first-order valence-electron chi connectivity index (χ1n) is 6.07. The second-order valence-corrected chi connectivity index (χ2v) is 4.66. The van der Waals surface area contributed by atoms with Crippen LogP contribution < -0.4 is 9.47 Å². The highest BCUT2D eigenvalue weighted by Crippen LogP contribution is 2.33. The van der Waals surface area contributed by atoms with Gasteiger partial charge < -0.3 is 19.5 Å². The van der Waals surface area contributed by atoms with E-state index in [1.165, 1.54) is 0 Å². The average molecular weight is 249 g/mol. The molecule has 1 amide bonds. The van der Waals surface area contributed by atoms with E-state index < -0.39 is 0 Å². The fourth-order valence-corrected chi connectivity index (χ4v) is 2.38. The van der Waals surface area contributed by atoms with Gasteiger partial charge in [-0.3, -0.25) is 4.79 Å². The van der Waals surface area contributed by atoms with Crippen molar-refractivity contribution in [3.63, 3.8) is 0 Å². The van der Waals surface area contributed by atoms with Crippen LogP contribution in [0.1, 0.15) is 16.8 Å². The summed E-state index contributed by atoms with van der Waals surface area (Å²) in [6.07, 6.45) is 0.868. The minimum Gasteiger partial charge on any atom is -0.454 e. The van der Waals surface area contributed by atoms with Gasteiger partial charge in [-0.25, -0.2) is 0 Å². The predicted octanol–water partition coefficient (Wildman–Crippen LogP) is 0.870. The van der Waals surface area contributed by atoms with Crippen LogP contribution in [0.2, 0.25) is 0 Å². The summed E-state index contributed by atoms with van der Waals surface area (Å²) in [5.74, 6) is 1.51. The topological polar surface area (TPSA) is 59.0 Å². The van der Waals surface area contributed by atoms with Gasteiger partial charge in [-0.15, -0.1) is 0 Å². The van der Waals surface area contributed by atoms with Crippen LogP contribution in [-0.2, 0) is 0 Å². The van der Waals surface area contributed by atoms with Crippen LogP contribution in [0.15, 0.2) is 18.2 Å². The fourth-order valence-electron chi connectivity index (χ4n) is 2.38. The fraction of sp³-hybridized carbons (Fsp3) is 0.462. The Kier molecular flexibility index (Phi) is 2.83. The maximum absolute atomic E-state index is 12.3. The normalized spacial score (nSPS) is 21.4. The summed E-state index contributed by atoms with van der Waals surface area (Å²) in [4.78, 5) is 14.0. The maximum atomic E-state index is 12.3. The smallest absolute Gasteiger partial charge is 0.254 e. The first-order chi connectivity index (χ1) is 8.78. The molecule has 1 aromatic carbocycles. The Morgan fingerprint density at radius 1 is 1.39 bits per heavy atom. The minimum absolute atomic E-state index is 0.00995. The number of amides is 1. The van der Waals surface area contributed by atoms with Crippen molar-refractivity contribution in [3.05, 3.63) is 23.8 Å².